The molecular weight excluding hydrogens is 192 g/mol. The van der Waals surface area contributed by atoms with Gasteiger partial charge in [0, 0.05) is 16.6 Å². The molecule has 0 saturated heterocycles. The molecular formula is C11H8N2S. The molecule has 0 unspecified atom stereocenters. The van der Waals surface area contributed by atoms with E-state index in [1.807, 2.05) is 36.6 Å². The normalized spacial score (nSPS) is 9.71. The number of benzene rings is 1. The van der Waals surface area contributed by atoms with Gasteiger partial charge in [-0.3, -0.25) is 0 Å². The van der Waals surface area contributed by atoms with Crippen LogP contribution in [0, 0.1) is 18.3 Å². The number of aryl methyl sites for hydroxylation is 1. The number of rotatable bonds is 1. The van der Waals surface area contributed by atoms with Crippen LogP contribution in [0.4, 0.5) is 0 Å². The van der Waals surface area contributed by atoms with Crippen LogP contribution in [-0.4, -0.2) is 4.98 Å². The van der Waals surface area contributed by atoms with Crippen molar-refractivity contribution in [2.24, 2.45) is 0 Å². The average Bonchev–Trinajstić information content (AvgIpc) is 2.65. The molecule has 0 saturated carbocycles. The van der Waals surface area contributed by atoms with E-state index in [1.165, 1.54) is 0 Å². The Morgan fingerprint density at radius 2 is 2.00 bits per heavy atom. The molecule has 0 atom stereocenters. The van der Waals surface area contributed by atoms with Gasteiger partial charge in [-0.15, -0.1) is 11.3 Å². The summed E-state index contributed by atoms with van der Waals surface area (Å²) in [7, 11) is 0. The maximum absolute atomic E-state index is 8.64. The van der Waals surface area contributed by atoms with Crippen molar-refractivity contribution in [1.29, 1.82) is 5.26 Å². The fraction of sp³-hybridized carbons (Fsp3) is 0.0909. The Bertz CT molecular complexity index is 477. The van der Waals surface area contributed by atoms with Gasteiger partial charge >= 0.3 is 0 Å². The first kappa shape index (κ1) is 8.92. The van der Waals surface area contributed by atoms with Crippen molar-refractivity contribution < 1.29 is 0 Å². The maximum atomic E-state index is 8.64. The Labute approximate surface area is 86.5 Å². The number of hydrogen-bond acceptors (Lipinski definition) is 3. The molecule has 0 fully saturated rings. The van der Waals surface area contributed by atoms with E-state index < -0.39 is 0 Å². The van der Waals surface area contributed by atoms with Gasteiger partial charge in [-0.25, -0.2) is 4.98 Å². The molecule has 68 valence electrons. The standard InChI is InChI=1S/C11H8N2S/c1-8-7-14-11(13-8)10-4-2-9(6-12)3-5-10/h2-5,7H,1H3. The number of thiazole rings is 1. The van der Waals surface area contributed by atoms with Gasteiger partial charge in [0.2, 0.25) is 0 Å². The molecule has 3 heteroatoms. The van der Waals surface area contributed by atoms with E-state index in [0.717, 1.165) is 16.3 Å². The van der Waals surface area contributed by atoms with Crippen LogP contribution in [-0.2, 0) is 0 Å². The van der Waals surface area contributed by atoms with Crippen LogP contribution in [0.2, 0.25) is 0 Å². The summed E-state index contributed by atoms with van der Waals surface area (Å²) in [6, 6.07) is 9.57. The topological polar surface area (TPSA) is 36.7 Å². The predicted molar refractivity (Wildman–Crippen MR) is 57.0 cm³/mol. The molecule has 0 aliphatic carbocycles. The molecule has 0 N–H and O–H groups in total. The first-order chi connectivity index (χ1) is 6.79. The molecule has 0 radical (unpaired) electrons. The zero-order chi connectivity index (χ0) is 9.97. The van der Waals surface area contributed by atoms with E-state index in [0.29, 0.717) is 5.56 Å². The highest BCUT2D eigenvalue weighted by molar-refractivity contribution is 7.13. The Morgan fingerprint density at radius 1 is 1.29 bits per heavy atom. The Morgan fingerprint density at radius 3 is 2.50 bits per heavy atom. The van der Waals surface area contributed by atoms with E-state index in [2.05, 4.69) is 11.1 Å². The average molecular weight is 200 g/mol. The van der Waals surface area contributed by atoms with Crippen molar-refractivity contribution in [2.45, 2.75) is 6.92 Å². The van der Waals surface area contributed by atoms with Crippen LogP contribution in [0.25, 0.3) is 10.6 Å². The van der Waals surface area contributed by atoms with Crippen LogP contribution >= 0.6 is 11.3 Å². The molecule has 0 bridgehead atoms. The molecule has 1 heterocycles. The molecule has 2 nitrogen and oxygen atoms in total. The third-order valence-corrected chi connectivity index (χ3v) is 2.89. The number of aromatic nitrogens is 1. The van der Waals surface area contributed by atoms with Crippen molar-refractivity contribution in [2.75, 3.05) is 0 Å². The smallest absolute Gasteiger partial charge is 0.123 e. The quantitative estimate of drug-likeness (QED) is 0.709. The lowest BCUT2D eigenvalue weighted by atomic mass is 10.1. The summed E-state index contributed by atoms with van der Waals surface area (Å²) in [5.74, 6) is 0. The lowest BCUT2D eigenvalue weighted by Crippen LogP contribution is -1.78. The zero-order valence-electron chi connectivity index (χ0n) is 7.69. The van der Waals surface area contributed by atoms with Gasteiger partial charge < -0.3 is 0 Å². The van der Waals surface area contributed by atoms with Gasteiger partial charge in [0.1, 0.15) is 5.01 Å². The van der Waals surface area contributed by atoms with Gasteiger partial charge in [-0.05, 0) is 19.1 Å². The van der Waals surface area contributed by atoms with E-state index in [4.69, 9.17) is 5.26 Å². The van der Waals surface area contributed by atoms with Crippen LogP contribution in [0.15, 0.2) is 29.6 Å². The van der Waals surface area contributed by atoms with Crippen molar-refractivity contribution >= 4 is 11.3 Å². The second-order valence-corrected chi connectivity index (χ2v) is 3.84. The van der Waals surface area contributed by atoms with Crippen molar-refractivity contribution in [3.63, 3.8) is 0 Å². The second kappa shape index (κ2) is 3.60. The molecule has 2 rings (SSSR count). The molecule has 0 aliphatic rings. The van der Waals surface area contributed by atoms with Crippen LogP contribution in [0.1, 0.15) is 11.3 Å². The van der Waals surface area contributed by atoms with E-state index in [1.54, 1.807) is 11.3 Å². The predicted octanol–water partition coefficient (Wildman–Crippen LogP) is 2.99. The highest BCUT2D eigenvalue weighted by Crippen LogP contribution is 2.23. The largest absolute Gasteiger partial charge is 0.241 e. The highest BCUT2D eigenvalue weighted by Gasteiger charge is 2.01. The molecule has 0 amide bonds. The Kier molecular flexibility index (Phi) is 2.30. The van der Waals surface area contributed by atoms with Gasteiger partial charge in [0.05, 0.1) is 11.6 Å². The summed E-state index contributed by atoms with van der Waals surface area (Å²) in [4.78, 5) is 4.37. The number of nitrogens with zero attached hydrogens (tertiary/aromatic N) is 2. The summed E-state index contributed by atoms with van der Waals surface area (Å²) >= 11 is 1.62. The summed E-state index contributed by atoms with van der Waals surface area (Å²) in [6.07, 6.45) is 0. The summed E-state index contributed by atoms with van der Waals surface area (Å²) in [5.41, 5.74) is 2.79. The Hall–Kier alpha value is -1.66. The molecule has 0 aliphatic heterocycles. The molecule has 1 aromatic heterocycles. The lowest BCUT2D eigenvalue weighted by Gasteiger charge is -1.94. The minimum Gasteiger partial charge on any atom is -0.241 e. The van der Waals surface area contributed by atoms with Gasteiger partial charge in [-0.1, -0.05) is 12.1 Å². The minimum atomic E-state index is 0.682. The van der Waals surface area contributed by atoms with Crippen LogP contribution in [0.5, 0.6) is 0 Å². The summed E-state index contributed by atoms with van der Waals surface area (Å²) in [6.45, 7) is 1.98. The second-order valence-electron chi connectivity index (χ2n) is 2.98. The molecule has 1 aromatic carbocycles. The zero-order valence-corrected chi connectivity index (χ0v) is 8.51. The van der Waals surface area contributed by atoms with E-state index >= 15 is 0 Å². The fourth-order valence-corrected chi connectivity index (χ4v) is 1.98. The Balaban J connectivity index is 2.39. The van der Waals surface area contributed by atoms with Gasteiger partial charge in [-0.2, -0.15) is 5.26 Å². The molecule has 2 aromatic rings. The number of nitriles is 1. The van der Waals surface area contributed by atoms with E-state index in [9.17, 15) is 0 Å². The SMILES string of the molecule is Cc1csc(-c2ccc(C#N)cc2)n1. The first-order valence-corrected chi connectivity index (χ1v) is 5.10. The van der Waals surface area contributed by atoms with Crippen molar-refractivity contribution in [3.05, 3.63) is 40.9 Å². The summed E-state index contributed by atoms with van der Waals surface area (Å²) < 4.78 is 0. The molecule has 0 spiro atoms. The van der Waals surface area contributed by atoms with Gasteiger partial charge in [0.15, 0.2) is 0 Å². The van der Waals surface area contributed by atoms with Crippen LogP contribution < -0.4 is 0 Å². The lowest BCUT2D eigenvalue weighted by molar-refractivity contribution is 1.27. The van der Waals surface area contributed by atoms with Crippen molar-refractivity contribution in [3.8, 4) is 16.6 Å². The fourth-order valence-electron chi connectivity index (χ4n) is 1.17. The minimum absolute atomic E-state index is 0.682. The highest BCUT2D eigenvalue weighted by atomic mass is 32.1. The third-order valence-electron chi connectivity index (χ3n) is 1.88. The van der Waals surface area contributed by atoms with Crippen LogP contribution in [0.3, 0.4) is 0 Å². The third kappa shape index (κ3) is 1.66. The van der Waals surface area contributed by atoms with Gasteiger partial charge in [0.25, 0.3) is 0 Å². The maximum Gasteiger partial charge on any atom is 0.123 e. The van der Waals surface area contributed by atoms with E-state index in [-0.39, 0.29) is 0 Å². The van der Waals surface area contributed by atoms with Crippen molar-refractivity contribution in [1.82, 2.24) is 4.98 Å². The number of hydrogen-bond donors (Lipinski definition) is 0. The summed E-state index contributed by atoms with van der Waals surface area (Å²) in [5, 5.41) is 11.7. The molecule has 14 heavy (non-hydrogen) atoms. The monoisotopic (exact) mass is 200 g/mol. The first-order valence-electron chi connectivity index (χ1n) is 4.22.